The van der Waals surface area contributed by atoms with Crippen LogP contribution in [-0.4, -0.2) is 21.5 Å². The number of nitrogens with zero attached hydrogens (tertiary/aromatic N) is 2. The molecule has 2 aromatic heterocycles. The minimum Gasteiger partial charge on any atom is -0.406 e. The molecule has 0 unspecified atom stereocenters. The molecular weight excluding hydrogens is 449 g/mol. The van der Waals surface area contributed by atoms with Crippen molar-refractivity contribution in [2.45, 2.75) is 16.2 Å². The van der Waals surface area contributed by atoms with Gasteiger partial charge in [0.15, 0.2) is 5.82 Å². The maximum Gasteiger partial charge on any atom is 0.573 e. The van der Waals surface area contributed by atoms with Crippen LogP contribution >= 0.6 is 23.4 Å². The van der Waals surface area contributed by atoms with Crippen LogP contribution in [0.5, 0.6) is 5.75 Å². The van der Waals surface area contributed by atoms with Gasteiger partial charge in [-0.15, -0.1) is 13.2 Å². The van der Waals surface area contributed by atoms with E-state index in [1.807, 2.05) is 36.4 Å². The van der Waals surface area contributed by atoms with Gasteiger partial charge in [0.1, 0.15) is 16.7 Å². The predicted molar refractivity (Wildman–Crippen MR) is 114 cm³/mol. The van der Waals surface area contributed by atoms with Gasteiger partial charge in [-0.3, -0.25) is 5.10 Å². The summed E-state index contributed by atoms with van der Waals surface area (Å²) in [6.45, 7) is 0. The highest BCUT2D eigenvalue weighted by Crippen LogP contribution is 2.32. The number of anilines is 2. The van der Waals surface area contributed by atoms with E-state index >= 15 is 0 Å². The number of nitrogens with one attached hydrogen (secondary N) is 2. The molecule has 0 bridgehead atoms. The van der Waals surface area contributed by atoms with Crippen molar-refractivity contribution in [3.63, 3.8) is 0 Å². The average Bonchev–Trinajstić information content (AvgIpc) is 3.16. The van der Waals surface area contributed by atoms with E-state index in [4.69, 9.17) is 11.6 Å². The van der Waals surface area contributed by atoms with Gasteiger partial charge >= 0.3 is 6.36 Å². The fourth-order valence-electron chi connectivity index (χ4n) is 2.72. The Hall–Kier alpha value is -3.17. The van der Waals surface area contributed by atoms with Gasteiger partial charge in [-0.25, -0.2) is 4.98 Å². The SMILES string of the molecule is FC(F)(F)Oc1ccc(-c2cc(Nc3cc(Sc4ccccc4)cc(Cl)n3)n[nH]2)cc1. The Labute approximate surface area is 184 Å². The molecule has 2 aromatic carbocycles. The lowest BCUT2D eigenvalue weighted by Gasteiger charge is -2.08. The molecule has 0 aliphatic heterocycles. The first kappa shape index (κ1) is 21.1. The van der Waals surface area contributed by atoms with Crippen LogP contribution in [0.15, 0.2) is 82.6 Å². The third kappa shape index (κ3) is 5.93. The first-order chi connectivity index (χ1) is 14.8. The Morgan fingerprint density at radius 3 is 2.35 bits per heavy atom. The van der Waals surface area contributed by atoms with Crippen molar-refractivity contribution in [3.05, 3.63) is 77.9 Å². The fourth-order valence-corrected chi connectivity index (χ4v) is 3.90. The highest BCUT2D eigenvalue weighted by atomic mass is 35.5. The van der Waals surface area contributed by atoms with Crippen LogP contribution in [0.4, 0.5) is 24.8 Å². The second kappa shape index (κ2) is 8.91. The van der Waals surface area contributed by atoms with Crippen LogP contribution < -0.4 is 10.1 Å². The summed E-state index contributed by atoms with van der Waals surface area (Å²) in [6, 6.07) is 20.7. The van der Waals surface area contributed by atoms with E-state index in [0.717, 1.165) is 9.79 Å². The van der Waals surface area contributed by atoms with Crippen LogP contribution in [-0.2, 0) is 0 Å². The predicted octanol–water partition coefficient (Wildman–Crippen LogP) is 6.92. The first-order valence-electron chi connectivity index (χ1n) is 8.93. The smallest absolute Gasteiger partial charge is 0.406 e. The third-order valence-corrected chi connectivity index (χ3v) is 5.15. The Morgan fingerprint density at radius 2 is 1.65 bits per heavy atom. The summed E-state index contributed by atoms with van der Waals surface area (Å²) in [5.41, 5.74) is 1.26. The zero-order valence-corrected chi connectivity index (χ0v) is 17.2. The van der Waals surface area contributed by atoms with Gasteiger partial charge in [-0.05, 0) is 54.1 Å². The van der Waals surface area contributed by atoms with Crippen molar-refractivity contribution in [1.29, 1.82) is 0 Å². The number of rotatable bonds is 6. The van der Waals surface area contributed by atoms with Crippen LogP contribution in [0.1, 0.15) is 0 Å². The molecule has 10 heteroatoms. The number of H-pyrrole nitrogens is 1. The van der Waals surface area contributed by atoms with E-state index in [2.05, 4.69) is 25.2 Å². The van der Waals surface area contributed by atoms with Gasteiger partial charge in [-0.1, -0.05) is 41.6 Å². The van der Waals surface area contributed by atoms with E-state index < -0.39 is 6.36 Å². The van der Waals surface area contributed by atoms with Gasteiger partial charge in [0.2, 0.25) is 0 Å². The van der Waals surface area contributed by atoms with Crippen molar-refractivity contribution >= 4 is 35.0 Å². The molecule has 5 nitrogen and oxygen atoms in total. The Kier molecular flexibility index (Phi) is 6.06. The van der Waals surface area contributed by atoms with E-state index in [-0.39, 0.29) is 5.75 Å². The molecule has 0 saturated heterocycles. The Morgan fingerprint density at radius 1 is 0.903 bits per heavy atom. The lowest BCUT2D eigenvalue weighted by atomic mass is 10.1. The topological polar surface area (TPSA) is 62.8 Å². The summed E-state index contributed by atoms with van der Waals surface area (Å²) in [7, 11) is 0. The number of hydrogen-bond donors (Lipinski definition) is 2. The largest absolute Gasteiger partial charge is 0.573 e. The van der Waals surface area contributed by atoms with Crippen molar-refractivity contribution in [3.8, 4) is 17.0 Å². The number of aromatic nitrogens is 3. The molecule has 0 radical (unpaired) electrons. The summed E-state index contributed by atoms with van der Waals surface area (Å²) >= 11 is 7.71. The molecule has 0 aliphatic carbocycles. The summed E-state index contributed by atoms with van der Waals surface area (Å²) in [4.78, 5) is 6.24. The molecule has 2 N–H and O–H groups in total. The van der Waals surface area contributed by atoms with E-state index in [1.54, 1.807) is 23.9 Å². The minimum absolute atomic E-state index is 0.291. The number of ether oxygens (including phenoxy) is 1. The van der Waals surface area contributed by atoms with E-state index in [9.17, 15) is 13.2 Å². The van der Waals surface area contributed by atoms with Gasteiger partial charge in [0.05, 0.1) is 5.69 Å². The average molecular weight is 463 g/mol. The molecule has 0 atom stereocenters. The molecule has 0 fully saturated rings. The van der Waals surface area contributed by atoms with Gasteiger partial charge in [0.25, 0.3) is 0 Å². The van der Waals surface area contributed by atoms with Crippen LogP contribution in [0.25, 0.3) is 11.3 Å². The Bertz CT molecular complexity index is 1170. The number of halogens is 4. The lowest BCUT2D eigenvalue weighted by molar-refractivity contribution is -0.274. The highest BCUT2D eigenvalue weighted by molar-refractivity contribution is 7.99. The number of alkyl halides is 3. The van der Waals surface area contributed by atoms with Crippen molar-refractivity contribution in [1.82, 2.24) is 15.2 Å². The van der Waals surface area contributed by atoms with Crippen LogP contribution in [0, 0.1) is 0 Å². The molecule has 2 heterocycles. The summed E-state index contributed by atoms with van der Waals surface area (Å²) < 4.78 is 40.8. The molecule has 4 rings (SSSR count). The van der Waals surface area contributed by atoms with Crippen LogP contribution in [0.3, 0.4) is 0 Å². The maximum absolute atomic E-state index is 12.3. The summed E-state index contributed by atoms with van der Waals surface area (Å²) in [6.07, 6.45) is -4.73. The van der Waals surface area contributed by atoms with Crippen molar-refractivity contribution in [2.24, 2.45) is 0 Å². The molecule has 0 amide bonds. The zero-order chi connectivity index (χ0) is 21.8. The standard InChI is InChI=1S/C21H14ClF3N4OS/c22-18-10-16(31-15-4-2-1-3-5-15)11-19(26-18)27-20-12-17(28-29-20)13-6-8-14(9-7-13)30-21(23,24)25/h1-12H,(H2,26,27,28,29). The number of pyridine rings is 1. The monoisotopic (exact) mass is 462 g/mol. The summed E-state index contributed by atoms with van der Waals surface area (Å²) in [5, 5.41) is 10.4. The zero-order valence-electron chi connectivity index (χ0n) is 15.7. The quantitative estimate of drug-likeness (QED) is 0.304. The van der Waals surface area contributed by atoms with Gasteiger partial charge in [0, 0.05) is 15.9 Å². The number of benzene rings is 2. The van der Waals surface area contributed by atoms with Crippen LogP contribution in [0.2, 0.25) is 5.15 Å². The van der Waals surface area contributed by atoms with E-state index in [1.165, 1.54) is 24.3 Å². The molecule has 0 saturated carbocycles. The number of aromatic amines is 1. The van der Waals surface area contributed by atoms with Gasteiger partial charge < -0.3 is 10.1 Å². The molecule has 31 heavy (non-hydrogen) atoms. The normalized spacial score (nSPS) is 11.4. The molecule has 4 aromatic rings. The number of hydrogen-bond acceptors (Lipinski definition) is 5. The maximum atomic E-state index is 12.3. The molecule has 158 valence electrons. The second-order valence-electron chi connectivity index (χ2n) is 6.29. The highest BCUT2D eigenvalue weighted by Gasteiger charge is 2.31. The third-order valence-electron chi connectivity index (χ3n) is 3.98. The molecule has 0 spiro atoms. The fraction of sp³-hybridized carbons (Fsp3) is 0.0476. The minimum atomic E-state index is -4.73. The molecule has 0 aliphatic rings. The van der Waals surface area contributed by atoms with Gasteiger partial charge in [-0.2, -0.15) is 5.10 Å². The first-order valence-corrected chi connectivity index (χ1v) is 10.1. The Balaban J connectivity index is 1.47. The van der Waals surface area contributed by atoms with Crippen molar-refractivity contribution < 1.29 is 17.9 Å². The second-order valence-corrected chi connectivity index (χ2v) is 7.82. The summed E-state index contributed by atoms with van der Waals surface area (Å²) in [5.74, 6) is 0.703. The lowest BCUT2D eigenvalue weighted by Crippen LogP contribution is -2.16. The van der Waals surface area contributed by atoms with Crippen molar-refractivity contribution in [2.75, 3.05) is 5.32 Å². The molecular formula is C21H14ClF3N4OS. The van der Waals surface area contributed by atoms with E-state index in [0.29, 0.717) is 28.0 Å².